The molecular weight excluding hydrogens is 284 g/mol. The van der Waals surface area contributed by atoms with Gasteiger partial charge >= 0.3 is 0 Å². The van der Waals surface area contributed by atoms with E-state index in [2.05, 4.69) is 0 Å². The maximum Gasteiger partial charge on any atom is 0.275 e. The van der Waals surface area contributed by atoms with Crippen LogP contribution < -0.4 is 0 Å². The maximum absolute atomic E-state index is 12.8. The molecule has 2 rings (SSSR count). The minimum Gasteiger partial charge on any atom is -0.391 e. The molecule has 1 saturated heterocycles. The number of nitro benzene ring substituents is 1. The fourth-order valence-corrected chi connectivity index (χ4v) is 3.18. The predicted octanol–water partition coefficient (Wildman–Crippen LogP) is 2.36. The second kappa shape index (κ2) is 6.04. The normalized spacial score (nSPS) is 21.8. The van der Waals surface area contributed by atoms with Crippen LogP contribution in [0.2, 0.25) is 0 Å². The number of carbonyl (C=O) groups excluding carboxylic acids is 1. The Morgan fingerprint density at radius 2 is 2.00 bits per heavy atom. The first-order chi connectivity index (χ1) is 10.2. The van der Waals surface area contributed by atoms with E-state index in [1.807, 2.05) is 6.92 Å². The topological polar surface area (TPSA) is 83.7 Å². The van der Waals surface area contributed by atoms with Gasteiger partial charge in [0.15, 0.2) is 0 Å². The average molecular weight is 306 g/mol. The molecule has 6 nitrogen and oxygen atoms in total. The number of amides is 1. The molecule has 1 aliphatic rings. The SMILES string of the molecule is Cc1cc(C)c([N+](=O)[O-])c(C)c1C(=O)N1CCC(C)C(O)C1. The number of carbonyl (C=O) groups is 1. The molecule has 6 heteroatoms. The molecule has 120 valence electrons. The number of β-amino-alcohol motifs (C(OH)–C–C–N with tert-alkyl or cyclic N) is 1. The Morgan fingerprint density at radius 1 is 1.36 bits per heavy atom. The van der Waals surface area contributed by atoms with E-state index in [1.165, 1.54) is 0 Å². The highest BCUT2D eigenvalue weighted by atomic mass is 16.6. The molecule has 1 heterocycles. The summed E-state index contributed by atoms with van der Waals surface area (Å²) in [6.07, 6.45) is 0.192. The van der Waals surface area contributed by atoms with Crippen LogP contribution >= 0.6 is 0 Å². The lowest BCUT2D eigenvalue weighted by molar-refractivity contribution is -0.386. The molecule has 22 heavy (non-hydrogen) atoms. The molecule has 0 radical (unpaired) electrons. The van der Waals surface area contributed by atoms with Crippen molar-refractivity contribution < 1.29 is 14.8 Å². The Balaban J connectivity index is 2.42. The van der Waals surface area contributed by atoms with Crippen LogP contribution in [0.15, 0.2) is 6.07 Å². The van der Waals surface area contributed by atoms with Crippen molar-refractivity contribution in [2.24, 2.45) is 5.92 Å². The van der Waals surface area contributed by atoms with Crippen molar-refractivity contribution in [2.75, 3.05) is 13.1 Å². The predicted molar refractivity (Wildman–Crippen MR) is 83.0 cm³/mol. The van der Waals surface area contributed by atoms with E-state index < -0.39 is 11.0 Å². The summed E-state index contributed by atoms with van der Waals surface area (Å²) in [6, 6.07) is 1.68. The summed E-state index contributed by atoms with van der Waals surface area (Å²) < 4.78 is 0. The first-order valence-electron chi connectivity index (χ1n) is 7.46. The fraction of sp³-hybridized carbons (Fsp3) is 0.562. The van der Waals surface area contributed by atoms with E-state index >= 15 is 0 Å². The van der Waals surface area contributed by atoms with Gasteiger partial charge in [0.25, 0.3) is 11.6 Å². The third kappa shape index (κ3) is 2.83. The number of piperidine rings is 1. The van der Waals surface area contributed by atoms with Crippen molar-refractivity contribution in [3.63, 3.8) is 0 Å². The van der Waals surface area contributed by atoms with Crippen molar-refractivity contribution in [2.45, 2.75) is 40.2 Å². The first kappa shape index (κ1) is 16.4. The average Bonchev–Trinajstić information content (AvgIpc) is 2.40. The van der Waals surface area contributed by atoms with Crippen molar-refractivity contribution >= 4 is 11.6 Å². The number of rotatable bonds is 2. The molecule has 0 spiro atoms. The molecule has 1 amide bonds. The first-order valence-corrected chi connectivity index (χ1v) is 7.46. The lowest BCUT2D eigenvalue weighted by atomic mass is 9.93. The van der Waals surface area contributed by atoms with Crippen LogP contribution in [-0.4, -0.2) is 40.0 Å². The summed E-state index contributed by atoms with van der Waals surface area (Å²) >= 11 is 0. The fourth-order valence-electron chi connectivity index (χ4n) is 3.18. The van der Waals surface area contributed by atoms with Gasteiger partial charge in [-0.1, -0.05) is 6.92 Å². The number of aliphatic hydroxyl groups is 1. The van der Waals surface area contributed by atoms with Gasteiger partial charge in [0.1, 0.15) is 0 Å². The third-order valence-electron chi connectivity index (χ3n) is 4.53. The van der Waals surface area contributed by atoms with Crippen LogP contribution in [-0.2, 0) is 0 Å². The summed E-state index contributed by atoms with van der Waals surface area (Å²) in [7, 11) is 0. The molecule has 1 aliphatic heterocycles. The molecule has 2 unspecified atom stereocenters. The lowest BCUT2D eigenvalue weighted by Gasteiger charge is -2.34. The molecular formula is C16H22N2O4. The van der Waals surface area contributed by atoms with Gasteiger partial charge in [-0.15, -0.1) is 0 Å². The van der Waals surface area contributed by atoms with Gasteiger partial charge in [0, 0.05) is 24.2 Å². The summed E-state index contributed by atoms with van der Waals surface area (Å²) in [5.74, 6) is -0.0670. The highest BCUT2D eigenvalue weighted by molar-refractivity contribution is 5.98. The van der Waals surface area contributed by atoms with Crippen LogP contribution in [0.4, 0.5) is 5.69 Å². The van der Waals surface area contributed by atoms with Crippen molar-refractivity contribution in [1.29, 1.82) is 0 Å². The van der Waals surface area contributed by atoms with Crippen LogP contribution in [0.25, 0.3) is 0 Å². The highest BCUT2D eigenvalue weighted by Crippen LogP contribution is 2.30. The standard InChI is InChI=1S/C16H22N2O4/c1-9-5-6-17(8-13(9)19)16(20)14-10(2)7-11(3)15(12(14)4)18(21)22/h7,9,13,19H,5-6,8H2,1-4H3. The molecule has 1 fully saturated rings. The van der Waals surface area contributed by atoms with Gasteiger partial charge in [0.05, 0.1) is 16.6 Å². The molecule has 1 aromatic carbocycles. The molecule has 0 bridgehead atoms. The Kier molecular flexibility index (Phi) is 4.51. The van der Waals surface area contributed by atoms with Crippen molar-refractivity contribution in [1.82, 2.24) is 4.90 Å². The zero-order chi connectivity index (χ0) is 16.6. The minimum atomic E-state index is -0.543. The Hall–Kier alpha value is -1.95. The zero-order valence-electron chi connectivity index (χ0n) is 13.4. The third-order valence-corrected chi connectivity index (χ3v) is 4.53. The van der Waals surface area contributed by atoms with Gasteiger partial charge in [-0.05, 0) is 44.7 Å². The molecule has 1 N–H and O–H groups in total. The van der Waals surface area contributed by atoms with E-state index in [4.69, 9.17) is 0 Å². The minimum absolute atomic E-state index is 0.000115. The Morgan fingerprint density at radius 3 is 2.55 bits per heavy atom. The smallest absolute Gasteiger partial charge is 0.275 e. The van der Waals surface area contributed by atoms with Crippen molar-refractivity contribution in [3.05, 3.63) is 38.4 Å². The summed E-state index contributed by atoms with van der Waals surface area (Å²) in [5, 5.41) is 21.2. The van der Waals surface area contributed by atoms with E-state index in [0.29, 0.717) is 23.2 Å². The molecule has 2 atom stereocenters. The summed E-state index contributed by atoms with van der Waals surface area (Å²) in [4.78, 5) is 25.2. The lowest BCUT2D eigenvalue weighted by Crippen LogP contribution is -2.46. The van der Waals surface area contributed by atoms with Crippen LogP contribution in [0.3, 0.4) is 0 Å². The van der Waals surface area contributed by atoms with Crippen LogP contribution in [0.1, 0.15) is 40.4 Å². The second-order valence-electron chi connectivity index (χ2n) is 6.20. The molecule has 0 aliphatic carbocycles. The Bertz CT molecular complexity index is 627. The van der Waals surface area contributed by atoms with Gasteiger partial charge in [-0.2, -0.15) is 0 Å². The summed E-state index contributed by atoms with van der Waals surface area (Å²) in [6.45, 7) is 7.89. The molecule has 1 aromatic rings. The molecule has 0 aromatic heterocycles. The number of aryl methyl sites for hydroxylation is 2. The van der Waals surface area contributed by atoms with E-state index in [1.54, 1.807) is 31.7 Å². The number of hydrogen-bond donors (Lipinski definition) is 1. The van der Waals surface area contributed by atoms with E-state index in [0.717, 1.165) is 12.0 Å². The zero-order valence-corrected chi connectivity index (χ0v) is 13.4. The van der Waals surface area contributed by atoms with Crippen LogP contribution in [0, 0.1) is 36.8 Å². The van der Waals surface area contributed by atoms with E-state index in [9.17, 15) is 20.0 Å². The van der Waals surface area contributed by atoms with E-state index in [-0.39, 0.29) is 24.1 Å². The number of likely N-dealkylation sites (tertiary alicyclic amines) is 1. The maximum atomic E-state index is 12.8. The Labute approximate surface area is 129 Å². The largest absolute Gasteiger partial charge is 0.391 e. The number of nitrogens with zero attached hydrogens (tertiary/aromatic N) is 2. The summed E-state index contributed by atoms with van der Waals surface area (Å²) in [5.41, 5.74) is 2.09. The van der Waals surface area contributed by atoms with Gasteiger partial charge in [-0.25, -0.2) is 0 Å². The number of aliphatic hydroxyl groups excluding tert-OH is 1. The van der Waals surface area contributed by atoms with Crippen LogP contribution in [0.5, 0.6) is 0 Å². The van der Waals surface area contributed by atoms with Gasteiger partial charge in [-0.3, -0.25) is 14.9 Å². The highest BCUT2D eigenvalue weighted by Gasteiger charge is 2.31. The number of nitro groups is 1. The monoisotopic (exact) mass is 306 g/mol. The molecule has 0 saturated carbocycles. The van der Waals surface area contributed by atoms with Crippen molar-refractivity contribution in [3.8, 4) is 0 Å². The van der Waals surface area contributed by atoms with Gasteiger partial charge in [0.2, 0.25) is 0 Å². The quantitative estimate of drug-likeness (QED) is 0.671. The second-order valence-corrected chi connectivity index (χ2v) is 6.20. The van der Waals surface area contributed by atoms with Gasteiger partial charge < -0.3 is 10.0 Å². The number of benzene rings is 1. The number of hydrogen-bond acceptors (Lipinski definition) is 4.